The molecular formula is C17H16N6S. The number of para-hydroxylation sites is 2. The number of H-pyrrole nitrogens is 2. The van der Waals surface area contributed by atoms with E-state index in [4.69, 9.17) is 4.98 Å². The maximum absolute atomic E-state index is 4.83. The van der Waals surface area contributed by atoms with E-state index in [0.29, 0.717) is 0 Å². The fourth-order valence-electron chi connectivity index (χ4n) is 3.40. The van der Waals surface area contributed by atoms with Crippen molar-refractivity contribution in [1.82, 2.24) is 29.8 Å². The van der Waals surface area contributed by atoms with Crippen LogP contribution in [0.2, 0.25) is 0 Å². The van der Waals surface area contributed by atoms with Crippen LogP contribution in [0.25, 0.3) is 11.0 Å². The zero-order valence-electron chi connectivity index (χ0n) is 12.9. The number of imidazole rings is 2. The van der Waals surface area contributed by atoms with E-state index in [2.05, 4.69) is 30.9 Å². The lowest BCUT2D eigenvalue weighted by atomic mass is 10.0. The van der Waals surface area contributed by atoms with Crippen LogP contribution in [-0.4, -0.2) is 36.4 Å². The molecular weight excluding hydrogens is 320 g/mol. The maximum atomic E-state index is 4.83. The number of aromatic nitrogens is 5. The fourth-order valence-corrected chi connectivity index (χ4v) is 4.05. The summed E-state index contributed by atoms with van der Waals surface area (Å²) in [4.78, 5) is 23.0. The zero-order chi connectivity index (χ0) is 15.9. The monoisotopic (exact) mass is 336 g/mol. The molecule has 1 atom stereocenters. The van der Waals surface area contributed by atoms with Gasteiger partial charge in [-0.05, 0) is 12.1 Å². The molecule has 0 amide bonds. The quantitative estimate of drug-likeness (QED) is 0.603. The van der Waals surface area contributed by atoms with Crippen molar-refractivity contribution in [3.05, 3.63) is 64.4 Å². The number of nitrogens with one attached hydrogen (secondary N) is 2. The van der Waals surface area contributed by atoms with Gasteiger partial charge in [0, 0.05) is 30.2 Å². The molecule has 7 heteroatoms. The molecule has 120 valence electrons. The van der Waals surface area contributed by atoms with E-state index in [9.17, 15) is 0 Å². The van der Waals surface area contributed by atoms with Crippen LogP contribution in [0.4, 0.5) is 0 Å². The molecule has 2 N–H and O–H groups in total. The number of benzene rings is 1. The van der Waals surface area contributed by atoms with Crippen molar-refractivity contribution in [1.29, 1.82) is 0 Å². The van der Waals surface area contributed by atoms with E-state index < -0.39 is 0 Å². The Morgan fingerprint density at radius 3 is 3.08 bits per heavy atom. The first-order valence-corrected chi connectivity index (χ1v) is 8.85. The van der Waals surface area contributed by atoms with Crippen molar-refractivity contribution in [2.45, 2.75) is 19.0 Å². The predicted molar refractivity (Wildman–Crippen MR) is 92.8 cm³/mol. The largest absolute Gasteiger partial charge is 0.348 e. The Morgan fingerprint density at radius 1 is 1.25 bits per heavy atom. The number of thiazole rings is 1. The molecule has 3 aromatic heterocycles. The highest BCUT2D eigenvalue weighted by Crippen LogP contribution is 2.34. The summed E-state index contributed by atoms with van der Waals surface area (Å²) in [5, 5.41) is 3.14. The van der Waals surface area contributed by atoms with Gasteiger partial charge in [0.05, 0.1) is 29.6 Å². The van der Waals surface area contributed by atoms with Crippen molar-refractivity contribution < 1.29 is 0 Å². The van der Waals surface area contributed by atoms with Gasteiger partial charge in [-0.25, -0.2) is 15.0 Å². The number of hydrogen-bond acceptors (Lipinski definition) is 5. The average molecular weight is 336 g/mol. The van der Waals surface area contributed by atoms with Gasteiger partial charge in [0.2, 0.25) is 0 Å². The van der Waals surface area contributed by atoms with Crippen molar-refractivity contribution >= 4 is 22.4 Å². The van der Waals surface area contributed by atoms with Crippen LogP contribution < -0.4 is 0 Å². The summed E-state index contributed by atoms with van der Waals surface area (Å²) in [7, 11) is 0. The highest BCUT2D eigenvalue weighted by Gasteiger charge is 2.33. The third kappa shape index (κ3) is 2.24. The summed E-state index contributed by atoms with van der Waals surface area (Å²) in [6.45, 7) is 1.77. The summed E-state index contributed by atoms with van der Waals surface area (Å²) in [5.41, 5.74) is 4.32. The highest BCUT2D eigenvalue weighted by molar-refractivity contribution is 7.09. The van der Waals surface area contributed by atoms with Gasteiger partial charge in [0.15, 0.2) is 0 Å². The Hall–Kier alpha value is -2.51. The topological polar surface area (TPSA) is 73.5 Å². The van der Waals surface area contributed by atoms with Crippen LogP contribution in [0.3, 0.4) is 0 Å². The second-order valence-corrected chi connectivity index (χ2v) is 6.93. The van der Waals surface area contributed by atoms with Crippen LogP contribution in [0.1, 0.15) is 28.3 Å². The number of nitrogens with zero attached hydrogens (tertiary/aromatic N) is 4. The van der Waals surface area contributed by atoms with Crippen molar-refractivity contribution in [2.24, 2.45) is 0 Å². The highest BCUT2D eigenvalue weighted by atomic mass is 32.1. The summed E-state index contributed by atoms with van der Waals surface area (Å²) in [6.07, 6.45) is 4.62. The molecule has 24 heavy (non-hydrogen) atoms. The Bertz CT molecular complexity index is 937. The van der Waals surface area contributed by atoms with E-state index >= 15 is 0 Å². The molecule has 1 aromatic carbocycles. The van der Waals surface area contributed by atoms with Crippen molar-refractivity contribution in [3.8, 4) is 0 Å². The molecule has 0 spiro atoms. The van der Waals surface area contributed by atoms with Crippen molar-refractivity contribution in [2.75, 3.05) is 6.54 Å². The summed E-state index contributed by atoms with van der Waals surface area (Å²) in [5.74, 6) is 0.945. The number of rotatable bonds is 3. The van der Waals surface area contributed by atoms with Gasteiger partial charge in [0.1, 0.15) is 16.9 Å². The minimum atomic E-state index is 0.0244. The van der Waals surface area contributed by atoms with Gasteiger partial charge in [-0.15, -0.1) is 11.3 Å². The SMILES string of the molecule is c1ccc2[nH]c([C@@H]3c4nc[nH]c4CCN3Cc3nccs3)nc2c1. The number of fused-ring (bicyclic) bond motifs is 2. The molecule has 0 fully saturated rings. The first-order chi connectivity index (χ1) is 11.9. The standard InChI is InChI=1S/C17H16N6S/c1-2-4-12-11(3-1)21-17(22-12)16-15-13(19-10-20-15)5-7-23(16)9-14-18-6-8-24-14/h1-4,6,8,10,16H,5,7,9H2,(H,19,20)(H,21,22)/t16-/m0/s1. The van der Waals surface area contributed by atoms with Gasteiger partial charge in [-0.3, -0.25) is 4.90 Å². The van der Waals surface area contributed by atoms with Crippen LogP contribution in [-0.2, 0) is 13.0 Å². The molecule has 0 aliphatic carbocycles. The summed E-state index contributed by atoms with van der Waals surface area (Å²) in [6, 6.07) is 8.16. The Kier molecular flexibility index (Phi) is 3.20. The van der Waals surface area contributed by atoms with Gasteiger partial charge < -0.3 is 9.97 Å². The van der Waals surface area contributed by atoms with E-state index in [0.717, 1.165) is 47.1 Å². The first-order valence-electron chi connectivity index (χ1n) is 7.98. The zero-order valence-corrected chi connectivity index (χ0v) is 13.8. The van der Waals surface area contributed by atoms with E-state index in [1.165, 1.54) is 5.69 Å². The summed E-state index contributed by atoms with van der Waals surface area (Å²) < 4.78 is 0. The molecule has 0 bridgehead atoms. The van der Waals surface area contributed by atoms with Gasteiger partial charge >= 0.3 is 0 Å². The third-order valence-electron chi connectivity index (χ3n) is 4.51. The lowest BCUT2D eigenvalue weighted by molar-refractivity contribution is 0.194. The molecule has 5 rings (SSSR count). The second kappa shape index (κ2) is 5.54. The molecule has 0 saturated heterocycles. The fraction of sp³-hybridized carbons (Fsp3) is 0.235. The number of hydrogen-bond donors (Lipinski definition) is 2. The summed E-state index contributed by atoms with van der Waals surface area (Å²) >= 11 is 1.69. The van der Waals surface area contributed by atoms with Crippen LogP contribution in [0, 0.1) is 0 Å². The normalized spacial score (nSPS) is 18.1. The van der Waals surface area contributed by atoms with Gasteiger partial charge in [-0.2, -0.15) is 0 Å². The minimum absolute atomic E-state index is 0.0244. The minimum Gasteiger partial charge on any atom is -0.348 e. The molecule has 6 nitrogen and oxygen atoms in total. The van der Waals surface area contributed by atoms with Crippen LogP contribution >= 0.6 is 11.3 Å². The molecule has 4 aromatic rings. The third-order valence-corrected chi connectivity index (χ3v) is 5.28. The van der Waals surface area contributed by atoms with Gasteiger partial charge in [0.25, 0.3) is 0 Å². The van der Waals surface area contributed by atoms with E-state index in [1.807, 2.05) is 29.8 Å². The molecule has 0 unspecified atom stereocenters. The second-order valence-electron chi connectivity index (χ2n) is 5.95. The smallest absolute Gasteiger partial charge is 0.130 e. The van der Waals surface area contributed by atoms with E-state index in [-0.39, 0.29) is 6.04 Å². The van der Waals surface area contributed by atoms with E-state index in [1.54, 1.807) is 17.7 Å². The average Bonchev–Trinajstić information content (AvgIpc) is 3.34. The maximum Gasteiger partial charge on any atom is 0.130 e. The number of aromatic amines is 2. The Balaban J connectivity index is 1.60. The molecule has 0 radical (unpaired) electrons. The van der Waals surface area contributed by atoms with Crippen molar-refractivity contribution in [3.63, 3.8) is 0 Å². The molecule has 1 aliphatic rings. The Morgan fingerprint density at radius 2 is 2.21 bits per heavy atom. The van der Waals surface area contributed by atoms with Crippen LogP contribution in [0.5, 0.6) is 0 Å². The first kappa shape index (κ1) is 13.9. The molecule has 4 heterocycles. The molecule has 1 aliphatic heterocycles. The molecule has 0 saturated carbocycles. The Labute approximate surface area is 142 Å². The predicted octanol–water partition coefficient (Wildman–Crippen LogP) is 2.89. The lowest BCUT2D eigenvalue weighted by Crippen LogP contribution is -2.36. The lowest BCUT2D eigenvalue weighted by Gasteiger charge is -2.33. The van der Waals surface area contributed by atoms with Crippen LogP contribution in [0.15, 0.2) is 42.2 Å². The van der Waals surface area contributed by atoms with Gasteiger partial charge in [-0.1, -0.05) is 12.1 Å².